The van der Waals surface area contributed by atoms with Gasteiger partial charge in [-0.1, -0.05) is 66.4 Å². The van der Waals surface area contributed by atoms with Crippen LogP contribution in [0, 0.1) is 29.1 Å². The van der Waals surface area contributed by atoms with Gasteiger partial charge in [-0.2, -0.15) is 0 Å². The molecule has 0 aromatic carbocycles. The topological polar surface area (TPSA) is 175 Å². The summed E-state index contributed by atoms with van der Waals surface area (Å²) in [6, 6.07) is -3.94. The zero-order valence-corrected chi connectivity index (χ0v) is 30.6. The number of ketones is 1. The zero-order valence-electron chi connectivity index (χ0n) is 30.6. The summed E-state index contributed by atoms with van der Waals surface area (Å²) in [5.74, 6) is -2.25. The second-order valence-corrected chi connectivity index (χ2v) is 15.7. The van der Waals surface area contributed by atoms with Crippen LogP contribution in [0.3, 0.4) is 0 Å². The molecule has 6 amide bonds. The number of ether oxygens (including phenoxy) is 1. The minimum absolute atomic E-state index is 0.0589. The van der Waals surface area contributed by atoms with Gasteiger partial charge in [0.1, 0.15) is 18.7 Å². The number of hydrogen-bond donors (Lipinski definition) is 5. The molecule has 13 heteroatoms. The number of rotatable bonds is 16. The molecule has 5 atom stereocenters. The van der Waals surface area contributed by atoms with Crippen LogP contribution >= 0.6 is 0 Å². The number of carbonyl (C=O) groups excluding carboxylic acids is 6. The Kier molecular flexibility index (Phi) is 14.5. The summed E-state index contributed by atoms with van der Waals surface area (Å²) in [6.45, 7) is 17.4. The maximum absolute atomic E-state index is 14.5. The largest absolute Gasteiger partial charge is 0.447 e. The molecule has 0 bridgehead atoms. The van der Waals surface area contributed by atoms with E-state index >= 15 is 0 Å². The lowest BCUT2D eigenvalue weighted by Crippen LogP contribution is -2.61. The molecule has 1 saturated heterocycles. The van der Waals surface area contributed by atoms with E-state index in [1.54, 1.807) is 4.90 Å². The van der Waals surface area contributed by atoms with Gasteiger partial charge in [-0.25, -0.2) is 9.59 Å². The van der Waals surface area contributed by atoms with Crippen LogP contribution in [0.25, 0.3) is 0 Å². The van der Waals surface area contributed by atoms with Crippen molar-refractivity contribution >= 4 is 35.6 Å². The fourth-order valence-electron chi connectivity index (χ4n) is 6.82. The molecule has 0 radical (unpaired) electrons. The predicted octanol–water partition coefficient (Wildman–Crippen LogP) is 3.42. The lowest BCUT2D eigenvalue weighted by molar-refractivity contribution is -0.144. The average Bonchev–Trinajstić information content (AvgIpc) is 3.46. The molecule has 49 heavy (non-hydrogen) atoms. The van der Waals surface area contributed by atoms with Crippen LogP contribution in [0.5, 0.6) is 0 Å². The van der Waals surface area contributed by atoms with Gasteiger partial charge in [0.15, 0.2) is 0 Å². The van der Waals surface area contributed by atoms with Crippen LogP contribution in [0.2, 0.25) is 0 Å². The van der Waals surface area contributed by atoms with Gasteiger partial charge in [0.25, 0.3) is 5.91 Å². The number of amides is 6. The number of Topliss-reactive ketones (excluding diaryl/α,β-unsaturated/α-hetero) is 1. The monoisotopic (exact) mass is 688 g/mol. The minimum atomic E-state index is -0.996. The molecule has 2 aliphatic carbocycles. The quantitative estimate of drug-likeness (QED) is 0.122. The van der Waals surface area contributed by atoms with Gasteiger partial charge in [0.05, 0.1) is 12.1 Å². The first kappa shape index (κ1) is 39.8. The number of nitrogens with zero attached hydrogens (tertiary/aromatic N) is 1. The Morgan fingerprint density at radius 1 is 0.898 bits per heavy atom. The molecule has 3 rings (SSSR count). The molecule has 1 unspecified atom stereocenters. The van der Waals surface area contributed by atoms with Crippen molar-refractivity contribution in [2.24, 2.45) is 29.1 Å². The van der Waals surface area contributed by atoms with Crippen LogP contribution < -0.4 is 26.6 Å². The highest BCUT2D eigenvalue weighted by Gasteiger charge is 2.47. The molecule has 1 heterocycles. The number of alkyl carbamates (subject to hydrolysis) is 1. The third-order valence-electron chi connectivity index (χ3n) is 9.94. The van der Waals surface area contributed by atoms with Crippen molar-refractivity contribution in [3.63, 3.8) is 0 Å². The Hall–Kier alpha value is -3.64. The molecule has 0 aromatic heterocycles. The SMILES string of the molecule is C=CCNC(=O)C(=O)C(CC1CC1)NC(=O)[C@@H]1[C@@H](C(C)C)CCN1C(=O)[C@@H](NC(=O)N[C@H](COC(=O)NC(C)C)C(C)(C)C)C1CCCC1. The molecule has 2 saturated carbocycles. The maximum atomic E-state index is 14.5. The molecule has 13 nitrogen and oxygen atoms in total. The normalized spacial score (nSPS) is 21.4. The Bertz CT molecular complexity index is 1200. The minimum Gasteiger partial charge on any atom is -0.447 e. The molecule has 5 N–H and O–H groups in total. The fourth-order valence-corrected chi connectivity index (χ4v) is 6.82. The summed E-state index contributed by atoms with van der Waals surface area (Å²) in [6.07, 6.45) is 7.09. The van der Waals surface area contributed by atoms with Crippen LogP contribution in [-0.4, -0.2) is 90.4 Å². The molecule has 276 valence electrons. The van der Waals surface area contributed by atoms with Gasteiger partial charge in [-0.15, -0.1) is 6.58 Å². The van der Waals surface area contributed by atoms with Crippen molar-refractivity contribution < 1.29 is 33.5 Å². The number of urea groups is 1. The second-order valence-electron chi connectivity index (χ2n) is 15.7. The lowest BCUT2D eigenvalue weighted by atomic mass is 9.87. The van der Waals surface area contributed by atoms with Crippen molar-refractivity contribution in [3.8, 4) is 0 Å². The van der Waals surface area contributed by atoms with E-state index < -0.39 is 59.3 Å². The smallest absolute Gasteiger partial charge is 0.407 e. The van der Waals surface area contributed by atoms with Gasteiger partial charge >= 0.3 is 12.1 Å². The van der Waals surface area contributed by atoms with E-state index in [2.05, 4.69) is 33.2 Å². The molecular formula is C36H60N6O7. The Morgan fingerprint density at radius 2 is 1.55 bits per heavy atom. The van der Waals surface area contributed by atoms with E-state index in [4.69, 9.17) is 4.74 Å². The Labute approximate surface area is 291 Å². The van der Waals surface area contributed by atoms with Crippen molar-refractivity contribution in [2.45, 2.75) is 130 Å². The third-order valence-corrected chi connectivity index (χ3v) is 9.94. The van der Waals surface area contributed by atoms with E-state index in [0.29, 0.717) is 19.4 Å². The fraction of sp³-hybridized carbons (Fsp3) is 0.778. The first-order valence-corrected chi connectivity index (χ1v) is 18.1. The first-order chi connectivity index (χ1) is 23.0. The van der Waals surface area contributed by atoms with Crippen LogP contribution in [0.1, 0.15) is 99.8 Å². The van der Waals surface area contributed by atoms with E-state index in [0.717, 1.165) is 38.5 Å². The summed E-state index contributed by atoms with van der Waals surface area (Å²) < 4.78 is 5.40. The zero-order chi connectivity index (χ0) is 36.5. The summed E-state index contributed by atoms with van der Waals surface area (Å²) in [4.78, 5) is 81.6. The van der Waals surface area contributed by atoms with Crippen LogP contribution in [0.4, 0.5) is 9.59 Å². The first-order valence-electron chi connectivity index (χ1n) is 18.1. The van der Waals surface area contributed by atoms with Crippen LogP contribution in [0.15, 0.2) is 12.7 Å². The summed E-state index contributed by atoms with van der Waals surface area (Å²) >= 11 is 0. The Balaban J connectivity index is 1.81. The van der Waals surface area contributed by atoms with Crippen LogP contribution in [-0.2, 0) is 23.9 Å². The molecule has 1 aliphatic heterocycles. The number of likely N-dealkylation sites (tertiary alicyclic amines) is 1. The third kappa shape index (κ3) is 11.7. The number of hydrogen-bond acceptors (Lipinski definition) is 7. The lowest BCUT2D eigenvalue weighted by Gasteiger charge is -2.35. The summed E-state index contributed by atoms with van der Waals surface area (Å²) in [5.41, 5.74) is -0.470. The van der Waals surface area contributed by atoms with E-state index in [1.165, 1.54) is 6.08 Å². The van der Waals surface area contributed by atoms with Gasteiger partial charge in [0, 0.05) is 19.1 Å². The highest BCUT2D eigenvalue weighted by atomic mass is 16.5. The summed E-state index contributed by atoms with van der Waals surface area (Å²) in [7, 11) is 0. The molecule has 0 spiro atoms. The maximum Gasteiger partial charge on any atom is 0.407 e. The average molecular weight is 689 g/mol. The molecule has 3 aliphatic rings. The highest BCUT2D eigenvalue weighted by molar-refractivity contribution is 6.38. The van der Waals surface area contributed by atoms with Crippen molar-refractivity contribution in [1.82, 2.24) is 31.5 Å². The van der Waals surface area contributed by atoms with E-state index in [1.807, 2.05) is 48.5 Å². The molecular weight excluding hydrogens is 628 g/mol. The van der Waals surface area contributed by atoms with Gasteiger partial charge in [-0.3, -0.25) is 19.2 Å². The van der Waals surface area contributed by atoms with Crippen molar-refractivity contribution in [1.29, 1.82) is 0 Å². The van der Waals surface area contributed by atoms with E-state index in [-0.39, 0.29) is 48.8 Å². The number of nitrogens with one attached hydrogen (secondary N) is 5. The summed E-state index contributed by atoms with van der Waals surface area (Å²) in [5, 5.41) is 13.9. The van der Waals surface area contributed by atoms with Gasteiger partial charge < -0.3 is 36.2 Å². The highest BCUT2D eigenvalue weighted by Crippen LogP contribution is 2.36. The standard InChI is InChI=1S/C36H60N6O7/c1-9-17-37-32(45)30(43)26(19-23-14-15-23)39-31(44)29-25(21(2)3)16-18-42(29)33(46)28(24-12-10-11-13-24)41-34(47)40-27(36(6,7)8)20-49-35(48)38-22(4)5/h9,21-29H,1,10-20H2,2-8H3,(H,37,45)(H,38,48)(H,39,44)(H2,40,41,47)/t25-,26?,27-,28+,29+/m1/s1. The number of carbonyl (C=O) groups is 6. The van der Waals surface area contributed by atoms with Gasteiger partial charge in [0.2, 0.25) is 17.6 Å². The predicted molar refractivity (Wildman–Crippen MR) is 186 cm³/mol. The Morgan fingerprint density at radius 3 is 2.10 bits per heavy atom. The van der Waals surface area contributed by atoms with Crippen molar-refractivity contribution in [2.75, 3.05) is 19.7 Å². The second kappa shape index (κ2) is 17.8. The van der Waals surface area contributed by atoms with E-state index in [9.17, 15) is 28.8 Å². The molecule has 3 fully saturated rings. The van der Waals surface area contributed by atoms with Gasteiger partial charge in [-0.05, 0) is 68.6 Å². The van der Waals surface area contributed by atoms with Crippen molar-refractivity contribution in [3.05, 3.63) is 12.7 Å². The molecule has 0 aromatic rings.